The molecule has 3 aromatic heterocycles. The van der Waals surface area contributed by atoms with Gasteiger partial charge in [0.1, 0.15) is 0 Å². The van der Waals surface area contributed by atoms with E-state index >= 15 is 0 Å². The molecule has 0 spiro atoms. The zero-order chi connectivity index (χ0) is 19.5. The first-order valence-corrected chi connectivity index (χ1v) is 10.3. The van der Waals surface area contributed by atoms with E-state index in [0.717, 1.165) is 21.8 Å². The summed E-state index contributed by atoms with van der Waals surface area (Å²) >= 11 is 8.94. The fraction of sp³-hybridized carbons (Fsp3) is 0.0526. The molecule has 28 heavy (non-hydrogen) atoms. The summed E-state index contributed by atoms with van der Waals surface area (Å²) in [5.74, 6) is 0.325. The molecule has 0 atom stereocenters. The van der Waals surface area contributed by atoms with Gasteiger partial charge in [-0.3, -0.25) is 10.1 Å². The Hall–Kier alpha value is -2.81. The third-order valence-electron chi connectivity index (χ3n) is 3.84. The Bertz CT molecular complexity index is 1140. The van der Waals surface area contributed by atoms with E-state index in [1.165, 1.54) is 22.7 Å². The topological polar surface area (TPSA) is 79.8 Å². The van der Waals surface area contributed by atoms with Crippen molar-refractivity contribution in [3.63, 3.8) is 0 Å². The van der Waals surface area contributed by atoms with Crippen LogP contribution in [0.15, 0.2) is 54.0 Å². The maximum absolute atomic E-state index is 12.6. The van der Waals surface area contributed by atoms with E-state index in [-0.39, 0.29) is 5.91 Å². The van der Waals surface area contributed by atoms with Gasteiger partial charge in [-0.1, -0.05) is 29.8 Å². The Labute approximate surface area is 174 Å². The lowest BCUT2D eigenvalue weighted by Crippen LogP contribution is -2.09. The molecule has 0 saturated carbocycles. The number of amides is 1. The lowest BCUT2D eigenvalue weighted by molar-refractivity contribution is 0.103. The van der Waals surface area contributed by atoms with Crippen molar-refractivity contribution in [1.29, 1.82) is 0 Å². The molecule has 9 heteroatoms. The fourth-order valence-corrected chi connectivity index (χ4v) is 4.31. The summed E-state index contributed by atoms with van der Waals surface area (Å²) in [5.41, 5.74) is 2.33. The number of carbonyl (C=O) groups excluding carboxylic acids is 1. The summed E-state index contributed by atoms with van der Waals surface area (Å²) in [7, 11) is 1.76. The molecule has 0 aliphatic heterocycles. The first kappa shape index (κ1) is 18.5. The number of benzene rings is 1. The van der Waals surface area contributed by atoms with Gasteiger partial charge in [-0.05, 0) is 24.3 Å². The van der Waals surface area contributed by atoms with E-state index < -0.39 is 0 Å². The van der Waals surface area contributed by atoms with Crippen LogP contribution < -0.4 is 10.6 Å². The first-order chi connectivity index (χ1) is 13.6. The smallest absolute Gasteiger partial charge is 0.267 e. The normalized spacial score (nSPS) is 10.6. The number of rotatable bonds is 5. The van der Waals surface area contributed by atoms with Crippen LogP contribution in [0, 0.1) is 0 Å². The lowest BCUT2D eigenvalue weighted by Gasteiger charge is -2.01. The number of carbonyl (C=O) groups is 1. The van der Waals surface area contributed by atoms with E-state index in [9.17, 15) is 4.79 Å². The molecular weight excluding hydrogens is 414 g/mol. The Morgan fingerprint density at radius 3 is 2.75 bits per heavy atom. The number of hydrogen-bond acceptors (Lipinski definition) is 7. The predicted molar refractivity (Wildman–Crippen MR) is 115 cm³/mol. The molecule has 1 aromatic carbocycles. The molecule has 4 rings (SSSR count). The van der Waals surface area contributed by atoms with E-state index in [1.807, 2.05) is 41.8 Å². The summed E-state index contributed by atoms with van der Waals surface area (Å²) in [4.78, 5) is 27.0. The summed E-state index contributed by atoms with van der Waals surface area (Å²) in [5, 5.41) is 8.77. The average molecular weight is 428 g/mol. The molecule has 0 fully saturated rings. The number of aromatic nitrogens is 3. The van der Waals surface area contributed by atoms with Crippen LogP contribution in [-0.2, 0) is 0 Å². The number of nitrogens with one attached hydrogen (secondary N) is 2. The Morgan fingerprint density at radius 2 is 1.93 bits per heavy atom. The van der Waals surface area contributed by atoms with Gasteiger partial charge in [0.25, 0.3) is 5.91 Å². The second kappa shape index (κ2) is 8.05. The SMILES string of the molecule is CNc1nccc(-c2ccc(C(=O)Nc3nc(-c4ccccc4Cl)cs3)s2)n1. The van der Waals surface area contributed by atoms with Crippen LogP contribution >= 0.6 is 34.3 Å². The van der Waals surface area contributed by atoms with Crippen molar-refractivity contribution in [2.45, 2.75) is 0 Å². The van der Waals surface area contributed by atoms with Crippen molar-refractivity contribution in [3.05, 3.63) is 63.9 Å². The van der Waals surface area contributed by atoms with Crippen LogP contribution in [0.4, 0.5) is 11.1 Å². The maximum Gasteiger partial charge on any atom is 0.267 e. The maximum atomic E-state index is 12.6. The third-order valence-corrected chi connectivity index (χ3v) is 6.03. The van der Waals surface area contributed by atoms with Gasteiger partial charge in [0, 0.05) is 29.2 Å². The molecule has 0 aliphatic rings. The van der Waals surface area contributed by atoms with Gasteiger partial charge < -0.3 is 5.32 Å². The molecule has 3 heterocycles. The average Bonchev–Trinajstić information content (AvgIpc) is 3.38. The van der Waals surface area contributed by atoms with Crippen LogP contribution in [-0.4, -0.2) is 27.9 Å². The largest absolute Gasteiger partial charge is 0.357 e. The molecule has 0 radical (unpaired) electrons. The lowest BCUT2D eigenvalue weighted by atomic mass is 10.2. The van der Waals surface area contributed by atoms with E-state index in [4.69, 9.17) is 11.6 Å². The molecule has 6 nitrogen and oxygen atoms in total. The number of thiazole rings is 1. The minimum absolute atomic E-state index is 0.209. The molecule has 4 aromatic rings. The van der Waals surface area contributed by atoms with Crippen LogP contribution in [0.1, 0.15) is 9.67 Å². The number of hydrogen-bond donors (Lipinski definition) is 2. The highest BCUT2D eigenvalue weighted by Crippen LogP contribution is 2.31. The first-order valence-electron chi connectivity index (χ1n) is 8.27. The minimum Gasteiger partial charge on any atom is -0.357 e. The van der Waals surface area contributed by atoms with Crippen LogP contribution in [0.5, 0.6) is 0 Å². The van der Waals surface area contributed by atoms with Gasteiger partial charge in [-0.25, -0.2) is 15.0 Å². The summed E-state index contributed by atoms with van der Waals surface area (Å²) in [6, 6.07) is 12.9. The standard InChI is InChI=1S/C19H14ClN5OS2/c1-21-18-22-9-8-13(23-18)15-6-7-16(28-15)17(26)25-19-24-14(10-27-19)11-4-2-3-5-12(11)20/h2-10H,1H3,(H,21,22,23)(H,24,25,26). The zero-order valence-corrected chi connectivity index (χ0v) is 17.0. The monoisotopic (exact) mass is 427 g/mol. The second-order valence-corrected chi connectivity index (χ2v) is 8.00. The van der Waals surface area contributed by atoms with Gasteiger partial charge in [-0.15, -0.1) is 22.7 Å². The van der Waals surface area contributed by atoms with Crippen LogP contribution in [0.2, 0.25) is 5.02 Å². The third kappa shape index (κ3) is 3.89. The van der Waals surface area contributed by atoms with Crippen molar-refractivity contribution in [1.82, 2.24) is 15.0 Å². The van der Waals surface area contributed by atoms with E-state index in [1.54, 1.807) is 19.3 Å². The van der Waals surface area contributed by atoms with Crippen LogP contribution in [0.3, 0.4) is 0 Å². The molecule has 0 unspecified atom stereocenters. The number of nitrogens with zero attached hydrogens (tertiary/aromatic N) is 3. The highest BCUT2D eigenvalue weighted by Gasteiger charge is 2.14. The zero-order valence-electron chi connectivity index (χ0n) is 14.6. The van der Waals surface area contributed by atoms with Crippen molar-refractivity contribution < 1.29 is 4.79 Å². The van der Waals surface area contributed by atoms with Crippen molar-refractivity contribution in [3.8, 4) is 21.8 Å². The molecular formula is C19H14ClN5OS2. The molecule has 2 N–H and O–H groups in total. The number of thiophene rings is 1. The molecule has 0 saturated heterocycles. The van der Waals surface area contributed by atoms with E-state index in [0.29, 0.717) is 21.0 Å². The van der Waals surface area contributed by atoms with Gasteiger partial charge >= 0.3 is 0 Å². The summed E-state index contributed by atoms with van der Waals surface area (Å²) in [6.45, 7) is 0. The minimum atomic E-state index is -0.209. The quantitative estimate of drug-likeness (QED) is 0.453. The highest BCUT2D eigenvalue weighted by molar-refractivity contribution is 7.17. The molecule has 1 amide bonds. The molecule has 0 bridgehead atoms. The van der Waals surface area contributed by atoms with E-state index in [2.05, 4.69) is 25.6 Å². The predicted octanol–water partition coefficient (Wildman–Crippen LogP) is 5.28. The van der Waals surface area contributed by atoms with Crippen LogP contribution in [0.25, 0.3) is 21.8 Å². The van der Waals surface area contributed by atoms with Crippen molar-refractivity contribution in [2.75, 3.05) is 17.7 Å². The van der Waals surface area contributed by atoms with Gasteiger partial charge in [-0.2, -0.15) is 0 Å². The number of anilines is 2. The Morgan fingerprint density at radius 1 is 1.07 bits per heavy atom. The molecule has 140 valence electrons. The Kier molecular flexibility index (Phi) is 5.34. The van der Waals surface area contributed by atoms with Gasteiger partial charge in [0.15, 0.2) is 5.13 Å². The fourth-order valence-electron chi connectivity index (χ4n) is 2.50. The highest BCUT2D eigenvalue weighted by atomic mass is 35.5. The van der Waals surface area contributed by atoms with Crippen molar-refractivity contribution >= 4 is 51.3 Å². The van der Waals surface area contributed by atoms with Gasteiger partial charge in [0.05, 0.1) is 21.1 Å². The Balaban J connectivity index is 1.50. The second-order valence-electron chi connectivity index (χ2n) is 5.65. The summed E-state index contributed by atoms with van der Waals surface area (Å²) < 4.78 is 0. The van der Waals surface area contributed by atoms with Gasteiger partial charge in [0.2, 0.25) is 5.95 Å². The number of halogens is 1. The molecule has 0 aliphatic carbocycles. The van der Waals surface area contributed by atoms with Crippen molar-refractivity contribution in [2.24, 2.45) is 0 Å². The summed E-state index contributed by atoms with van der Waals surface area (Å²) in [6.07, 6.45) is 1.68.